The lowest BCUT2D eigenvalue weighted by molar-refractivity contribution is -0.127. The van der Waals surface area contributed by atoms with Gasteiger partial charge in [0.1, 0.15) is 11.4 Å². The maximum Gasteiger partial charge on any atom is 0.293 e. The summed E-state index contributed by atoms with van der Waals surface area (Å²) in [5.74, 6) is -1.01. The Balaban J connectivity index is 2.33. The molecule has 7 heteroatoms. The second-order valence-electron chi connectivity index (χ2n) is 4.59. The van der Waals surface area contributed by atoms with Crippen LogP contribution in [0.2, 0.25) is 0 Å². The third-order valence-electron chi connectivity index (χ3n) is 3.20. The molecule has 114 valence electrons. The number of rotatable bonds is 6. The average molecular weight is 304 g/mol. The summed E-state index contributed by atoms with van der Waals surface area (Å²) in [6.45, 7) is 1.30. The van der Waals surface area contributed by atoms with Crippen molar-refractivity contribution in [2.24, 2.45) is 0 Å². The zero-order chi connectivity index (χ0) is 16.1. The molecule has 1 aromatic carbocycles. The Morgan fingerprint density at radius 1 is 1.45 bits per heavy atom. The van der Waals surface area contributed by atoms with Crippen LogP contribution >= 0.6 is 0 Å². The summed E-state index contributed by atoms with van der Waals surface area (Å²) >= 11 is 0. The SMILES string of the molecule is Cc1c(F)cccc1Cn1cncc(C(=O)COC=O)c1=O. The molecule has 0 spiro atoms. The highest BCUT2D eigenvalue weighted by Gasteiger charge is 2.14. The van der Waals surface area contributed by atoms with Crippen molar-refractivity contribution >= 4 is 12.3 Å². The summed E-state index contributed by atoms with van der Waals surface area (Å²) in [6.07, 6.45) is 2.39. The number of ether oxygens (including phenoxy) is 1. The third kappa shape index (κ3) is 3.25. The van der Waals surface area contributed by atoms with Gasteiger partial charge in [0.2, 0.25) is 5.78 Å². The molecule has 0 radical (unpaired) electrons. The maximum atomic E-state index is 13.5. The molecular weight excluding hydrogens is 291 g/mol. The number of aromatic nitrogens is 2. The van der Waals surface area contributed by atoms with Gasteiger partial charge in [0, 0.05) is 6.20 Å². The summed E-state index contributed by atoms with van der Waals surface area (Å²) in [5.41, 5.74) is 0.282. The molecule has 2 aromatic rings. The van der Waals surface area contributed by atoms with Gasteiger partial charge in [0.25, 0.3) is 12.0 Å². The van der Waals surface area contributed by atoms with Crippen LogP contribution in [-0.4, -0.2) is 28.4 Å². The van der Waals surface area contributed by atoms with E-state index in [1.807, 2.05) is 0 Å². The fourth-order valence-corrected chi connectivity index (χ4v) is 1.95. The molecule has 0 unspecified atom stereocenters. The monoisotopic (exact) mass is 304 g/mol. The highest BCUT2D eigenvalue weighted by molar-refractivity contribution is 5.96. The lowest BCUT2D eigenvalue weighted by Crippen LogP contribution is -2.28. The quantitative estimate of drug-likeness (QED) is 0.590. The van der Waals surface area contributed by atoms with E-state index in [2.05, 4.69) is 9.72 Å². The van der Waals surface area contributed by atoms with Gasteiger partial charge in [0.15, 0.2) is 6.61 Å². The fourth-order valence-electron chi connectivity index (χ4n) is 1.95. The Hall–Kier alpha value is -2.83. The predicted molar refractivity (Wildman–Crippen MR) is 75.1 cm³/mol. The largest absolute Gasteiger partial charge is 0.459 e. The maximum absolute atomic E-state index is 13.5. The zero-order valence-electron chi connectivity index (χ0n) is 11.8. The number of Topliss-reactive ketones (excluding diaryl/α,β-unsaturated/α-hetero) is 1. The molecule has 0 amide bonds. The Kier molecular flexibility index (Phi) is 4.77. The normalized spacial score (nSPS) is 10.3. The van der Waals surface area contributed by atoms with Gasteiger partial charge in [-0.25, -0.2) is 9.37 Å². The number of carbonyl (C=O) groups excluding carboxylic acids is 2. The summed E-state index contributed by atoms with van der Waals surface area (Å²) in [6, 6.07) is 4.56. The van der Waals surface area contributed by atoms with E-state index in [1.54, 1.807) is 19.1 Å². The van der Waals surface area contributed by atoms with E-state index in [1.165, 1.54) is 17.0 Å². The topological polar surface area (TPSA) is 78.3 Å². The molecule has 0 N–H and O–H groups in total. The zero-order valence-corrected chi connectivity index (χ0v) is 11.8. The summed E-state index contributed by atoms with van der Waals surface area (Å²) in [7, 11) is 0. The highest BCUT2D eigenvalue weighted by atomic mass is 19.1. The molecule has 1 heterocycles. The molecule has 0 bridgehead atoms. The van der Waals surface area contributed by atoms with Gasteiger partial charge in [0.05, 0.1) is 12.9 Å². The van der Waals surface area contributed by atoms with E-state index >= 15 is 0 Å². The van der Waals surface area contributed by atoms with Crippen LogP contribution in [0.15, 0.2) is 35.5 Å². The van der Waals surface area contributed by atoms with E-state index < -0.39 is 17.9 Å². The first kappa shape index (κ1) is 15.6. The van der Waals surface area contributed by atoms with E-state index in [4.69, 9.17) is 0 Å². The van der Waals surface area contributed by atoms with Crippen LogP contribution in [0, 0.1) is 12.7 Å². The first-order valence-electron chi connectivity index (χ1n) is 6.41. The van der Waals surface area contributed by atoms with Crippen LogP contribution in [0.4, 0.5) is 4.39 Å². The smallest absolute Gasteiger partial charge is 0.293 e. The van der Waals surface area contributed by atoms with E-state index in [-0.39, 0.29) is 24.4 Å². The number of carbonyl (C=O) groups is 2. The summed E-state index contributed by atoms with van der Waals surface area (Å²) in [4.78, 5) is 37.9. The van der Waals surface area contributed by atoms with Crippen molar-refractivity contribution in [1.82, 2.24) is 9.55 Å². The van der Waals surface area contributed by atoms with Crippen molar-refractivity contribution in [3.63, 3.8) is 0 Å². The van der Waals surface area contributed by atoms with Gasteiger partial charge < -0.3 is 4.74 Å². The number of nitrogens with zero attached hydrogens (tertiary/aromatic N) is 2. The molecule has 0 saturated heterocycles. The first-order valence-corrected chi connectivity index (χ1v) is 6.41. The van der Waals surface area contributed by atoms with Crippen LogP contribution < -0.4 is 5.56 Å². The molecule has 0 aliphatic heterocycles. The minimum Gasteiger partial charge on any atom is -0.459 e. The minimum absolute atomic E-state index is 0.0884. The molecule has 6 nitrogen and oxygen atoms in total. The molecule has 0 fully saturated rings. The van der Waals surface area contributed by atoms with Crippen molar-refractivity contribution in [2.75, 3.05) is 6.61 Å². The molecule has 0 aliphatic carbocycles. The number of halogens is 1. The van der Waals surface area contributed by atoms with Gasteiger partial charge in [-0.1, -0.05) is 12.1 Å². The van der Waals surface area contributed by atoms with Crippen molar-refractivity contribution in [2.45, 2.75) is 13.5 Å². The second-order valence-corrected chi connectivity index (χ2v) is 4.59. The van der Waals surface area contributed by atoms with Gasteiger partial charge in [-0.15, -0.1) is 0 Å². The van der Waals surface area contributed by atoms with Crippen molar-refractivity contribution < 1.29 is 18.7 Å². The van der Waals surface area contributed by atoms with Gasteiger partial charge in [-0.05, 0) is 24.1 Å². The molecule has 2 rings (SSSR count). The highest BCUT2D eigenvalue weighted by Crippen LogP contribution is 2.12. The second kappa shape index (κ2) is 6.75. The minimum atomic E-state index is -0.644. The lowest BCUT2D eigenvalue weighted by atomic mass is 10.1. The number of hydrogen-bond acceptors (Lipinski definition) is 5. The average Bonchev–Trinajstić information content (AvgIpc) is 2.51. The Bertz CT molecular complexity index is 770. The van der Waals surface area contributed by atoms with Crippen LogP contribution in [0.25, 0.3) is 0 Å². The van der Waals surface area contributed by atoms with E-state index in [0.29, 0.717) is 11.1 Å². The van der Waals surface area contributed by atoms with Crippen LogP contribution in [0.3, 0.4) is 0 Å². The fraction of sp³-hybridized carbons (Fsp3) is 0.200. The molecule has 0 aliphatic rings. The van der Waals surface area contributed by atoms with Gasteiger partial charge in [-0.2, -0.15) is 0 Å². The van der Waals surface area contributed by atoms with E-state index in [0.717, 1.165) is 6.20 Å². The van der Waals surface area contributed by atoms with Crippen molar-refractivity contribution in [3.05, 3.63) is 63.6 Å². The predicted octanol–water partition coefficient (Wildman–Crippen LogP) is 1.09. The molecule has 1 aromatic heterocycles. The number of hydrogen-bond donors (Lipinski definition) is 0. The molecule has 0 saturated carbocycles. The van der Waals surface area contributed by atoms with Crippen molar-refractivity contribution in [1.29, 1.82) is 0 Å². The lowest BCUT2D eigenvalue weighted by Gasteiger charge is -2.09. The Labute approximate surface area is 125 Å². The van der Waals surface area contributed by atoms with Gasteiger partial charge in [-0.3, -0.25) is 19.0 Å². The van der Waals surface area contributed by atoms with E-state index in [9.17, 15) is 18.8 Å². The van der Waals surface area contributed by atoms with Crippen LogP contribution in [-0.2, 0) is 16.1 Å². The number of ketones is 1. The van der Waals surface area contributed by atoms with Gasteiger partial charge >= 0.3 is 0 Å². The van der Waals surface area contributed by atoms with Crippen LogP contribution in [0.5, 0.6) is 0 Å². The first-order chi connectivity index (χ1) is 10.5. The molecule has 0 atom stereocenters. The van der Waals surface area contributed by atoms with Crippen LogP contribution in [0.1, 0.15) is 21.5 Å². The van der Waals surface area contributed by atoms with Crippen molar-refractivity contribution in [3.8, 4) is 0 Å². The molecular formula is C15H13FN2O4. The number of benzene rings is 1. The summed E-state index contributed by atoms with van der Waals surface area (Å²) in [5, 5.41) is 0. The standard InChI is InChI=1S/C15H13FN2O4/c1-10-11(3-2-4-13(10)16)6-18-8-17-5-12(15(18)21)14(20)7-22-9-19/h2-5,8-9H,6-7H2,1H3. The summed E-state index contributed by atoms with van der Waals surface area (Å²) < 4.78 is 19.1. The molecule has 22 heavy (non-hydrogen) atoms. The third-order valence-corrected chi connectivity index (χ3v) is 3.20. The Morgan fingerprint density at radius 2 is 2.23 bits per heavy atom. The Morgan fingerprint density at radius 3 is 2.95 bits per heavy atom.